The quantitative estimate of drug-likeness (QED) is 0.446. The van der Waals surface area contributed by atoms with Gasteiger partial charge in [-0.2, -0.15) is 0 Å². The molecule has 0 unspecified atom stereocenters. The first kappa shape index (κ1) is 20.9. The van der Waals surface area contributed by atoms with Crippen molar-refractivity contribution in [2.75, 3.05) is 26.2 Å². The van der Waals surface area contributed by atoms with Crippen LogP contribution in [0, 0.1) is 0 Å². The molecule has 1 aliphatic rings. The van der Waals surface area contributed by atoms with E-state index < -0.39 is 5.76 Å². The lowest BCUT2D eigenvalue weighted by atomic mass is 10.2. The van der Waals surface area contributed by atoms with Crippen molar-refractivity contribution in [1.29, 1.82) is 0 Å². The molecule has 4 aromatic rings. The van der Waals surface area contributed by atoms with Crippen LogP contribution in [0.25, 0.3) is 22.4 Å². The van der Waals surface area contributed by atoms with Gasteiger partial charge in [-0.15, -0.1) is 11.3 Å². The van der Waals surface area contributed by atoms with Crippen LogP contribution in [0.1, 0.15) is 5.01 Å². The van der Waals surface area contributed by atoms with Crippen LogP contribution in [0.15, 0.2) is 63.1 Å². The Labute approximate surface area is 193 Å². The van der Waals surface area contributed by atoms with Crippen molar-refractivity contribution in [1.82, 2.24) is 19.4 Å². The van der Waals surface area contributed by atoms with E-state index in [-0.39, 0.29) is 12.5 Å². The van der Waals surface area contributed by atoms with Crippen molar-refractivity contribution >= 4 is 39.9 Å². The van der Waals surface area contributed by atoms with Crippen LogP contribution < -0.4 is 5.76 Å². The minimum Gasteiger partial charge on any atom is -0.408 e. The Hall–Kier alpha value is -2.94. The highest BCUT2D eigenvalue weighted by Gasteiger charge is 2.23. The van der Waals surface area contributed by atoms with Gasteiger partial charge in [-0.25, -0.2) is 9.78 Å². The van der Waals surface area contributed by atoms with Crippen LogP contribution in [-0.4, -0.2) is 51.4 Å². The van der Waals surface area contributed by atoms with Gasteiger partial charge in [0.15, 0.2) is 5.58 Å². The zero-order chi connectivity index (χ0) is 22.1. The predicted molar refractivity (Wildman–Crippen MR) is 125 cm³/mol. The van der Waals surface area contributed by atoms with Crippen LogP contribution in [-0.2, 0) is 17.9 Å². The summed E-state index contributed by atoms with van der Waals surface area (Å²) < 4.78 is 6.63. The van der Waals surface area contributed by atoms with Gasteiger partial charge in [0.1, 0.15) is 11.6 Å². The van der Waals surface area contributed by atoms with E-state index in [1.165, 1.54) is 4.57 Å². The number of thiazole rings is 1. The third-order valence-corrected chi connectivity index (χ3v) is 6.73. The highest BCUT2D eigenvalue weighted by Crippen LogP contribution is 2.24. The molecule has 0 saturated carbocycles. The maximum Gasteiger partial charge on any atom is 0.420 e. The fourth-order valence-electron chi connectivity index (χ4n) is 3.88. The summed E-state index contributed by atoms with van der Waals surface area (Å²) in [4.78, 5) is 33.8. The van der Waals surface area contributed by atoms with E-state index in [0.29, 0.717) is 29.2 Å². The normalized spacial score (nSPS) is 14.8. The number of fused-ring (bicyclic) bond motifs is 1. The first-order chi connectivity index (χ1) is 15.6. The van der Waals surface area contributed by atoms with E-state index in [4.69, 9.17) is 21.0 Å². The average Bonchev–Trinajstić information content (AvgIpc) is 3.39. The molecule has 2 aromatic carbocycles. The molecule has 1 amide bonds. The van der Waals surface area contributed by atoms with E-state index in [9.17, 15) is 9.59 Å². The fourth-order valence-corrected chi connectivity index (χ4v) is 4.85. The Morgan fingerprint density at radius 2 is 1.81 bits per heavy atom. The lowest BCUT2D eigenvalue weighted by Gasteiger charge is -2.34. The summed E-state index contributed by atoms with van der Waals surface area (Å²) in [7, 11) is 0. The smallest absolute Gasteiger partial charge is 0.408 e. The van der Waals surface area contributed by atoms with Crippen molar-refractivity contribution < 1.29 is 9.21 Å². The summed E-state index contributed by atoms with van der Waals surface area (Å²) in [6, 6.07) is 14.8. The molecule has 1 fully saturated rings. The van der Waals surface area contributed by atoms with Gasteiger partial charge in [-0.1, -0.05) is 35.9 Å². The van der Waals surface area contributed by atoms with Gasteiger partial charge in [0.2, 0.25) is 5.91 Å². The predicted octanol–water partition coefficient (Wildman–Crippen LogP) is 3.72. The molecule has 0 spiro atoms. The van der Waals surface area contributed by atoms with Crippen LogP contribution >= 0.6 is 22.9 Å². The molecule has 9 heteroatoms. The maximum absolute atomic E-state index is 12.8. The Kier molecular flexibility index (Phi) is 5.82. The number of para-hydroxylation sites is 2. The minimum atomic E-state index is -0.501. The second-order valence-electron chi connectivity index (χ2n) is 7.71. The number of carbonyl (C=O) groups excluding carboxylic acids is 1. The second-order valence-corrected chi connectivity index (χ2v) is 9.09. The summed E-state index contributed by atoms with van der Waals surface area (Å²) in [5, 5.41) is 3.82. The first-order valence-corrected chi connectivity index (χ1v) is 11.6. The lowest BCUT2D eigenvalue weighted by molar-refractivity contribution is -0.133. The molecular formula is C23H21ClN4O3S. The number of carbonyl (C=O) groups is 1. The number of halogens is 1. The summed E-state index contributed by atoms with van der Waals surface area (Å²) in [6.07, 6.45) is 0. The Morgan fingerprint density at radius 3 is 2.59 bits per heavy atom. The largest absolute Gasteiger partial charge is 0.420 e. The number of oxazole rings is 1. The molecule has 32 heavy (non-hydrogen) atoms. The fraction of sp³-hybridized carbons (Fsp3) is 0.261. The van der Waals surface area contributed by atoms with E-state index in [1.807, 2.05) is 35.2 Å². The van der Waals surface area contributed by atoms with Crippen molar-refractivity contribution in [2.45, 2.75) is 13.1 Å². The van der Waals surface area contributed by atoms with Crippen molar-refractivity contribution in [3.63, 3.8) is 0 Å². The number of hydrogen-bond donors (Lipinski definition) is 0. The zero-order valence-corrected chi connectivity index (χ0v) is 18.8. The lowest BCUT2D eigenvalue weighted by Crippen LogP contribution is -2.49. The standard InChI is InChI=1S/C23H21ClN4O3S/c24-17-7-5-16(6-8-17)18-15-32-21(25-18)13-26-9-11-27(12-10-26)22(29)14-28-19-3-1-2-4-20(19)31-23(28)30/h1-8,15H,9-14H2. The van der Waals surface area contributed by atoms with Crippen LogP contribution in [0.2, 0.25) is 5.02 Å². The van der Waals surface area contributed by atoms with Crippen LogP contribution in [0.4, 0.5) is 0 Å². The summed E-state index contributed by atoms with van der Waals surface area (Å²) in [6.45, 7) is 3.53. The molecule has 0 atom stereocenters. The molecular weight excluding hydrogens is 448 g/mol. The zero-order valence-electron chi connectivity index (χ0n) is 17.2. The number of hydrogen-bond acceptors (Lipinski definition) is 6. The molecule has 0 bridgehead atoms. The first-order valence-electron chi connectivity index (χ1n) is 10.4. The topological polar surface area (TPSA) is 71.6 Å². The van der Waals surface area contributed by atoms with Gasteiger partial charge in [0.05, 0.1) is 17.8 Å². The van der Waals surface area contributed by atoms with Crippen molar-refractivity contribution in [3.05, 3.63) is 74.5 Å². The van der Waals surface area contributed by atoms with Crippen molar-refractivity contribution in [2.24, 2.45) is 0 Å². The van der Waals surface area contributed by atoms with E-state index >= 15 is 0 Å². The van der Waals surface area contributed by atoms with Gasteiger partial charge in [0.25, 0.3) is 0 Å². The minimum absolute atomic E-state index is 0.00716. The molecule has 0 aliphatic carbocycles. The van der Waals surface area contributed by atoms with Crippen molar-refractivity contribution in [3.8, 4) is 11.3 Å². The molecule has 3 heterocycles. The molecule has 1 saturated heterocycles. The van der Waals surface area contributed by atoms with Gasteiger partial charge in [0, 0.05) is 42.1 Å². The molecule has 2 aromatic heterocycles. The number of aromatic nitrogens is 2. The van der Waals surface area contributed by atoms with Gasteiger partial charge < -0.3 is 9.32 Å². The molecule has 1 aliphatic heterocycles. The molecule has 7 nitrogen and oxygen atoms in total. The third kappa shape index (κ3) is 4.34. The molecule has 0 N–H and O–H groups in total. The highest BCUT2D eigenvalue weighted by atomic mass is 35.5. The Morgan fingerprint density at radius 1 is 1.06 bits per heavy atom. The van der Waals surface area contributed by atoms with E-state index in [1.54, 1.807) is 29.5 Å². The average molecular weight is 469 g/mol. The number of benzene rings is 2. The highest BCUT2D eigenvalue weighted by molar-refractivity contribution is 7.09. The number of nitrogens with zero attached hydrogens (tertiary/aromatic N) is 4. The van der Waals surface area contributed by atoms with Gasteiger partial charge in [-0.3, -0.25) is 14.3 Å². The van der Waals surface area contributed by atoms with E-state index in [0.717, 1.165) is 35.9 Å². The summed E-state index contributed by atoms with van der Waals surface area (Å²) in [5.74, 6) is -0.573. The van der Waals surface area contributed by atoms with Gasteiger partial charge >= 0.3 is 5.76 Å². The second kappa shape index (κ2) is 8.90. The van der Waals surface area contributed by atoms with Gasteiger partial charge in [-0.05, 0) is 24.3 Å². The SMILES string of the molecule is O=C(Cn1c(=O)oc2ccccc21)N1CCN(Cc2nc(-c3ccc(Cl)cc3)cs2)CC1. The summed E-state index contributed by atoms with van der Waals surface area (Å²) in [5.41, 5.74) is 3.14. The Balaban J connectivity index is 1.17. The molecule has 0 radical (unpaired) electrons. The molecule has 164 valence electrons. The van der Waals surface area contributed by atoms with Crippen LogP contribution in [0.5, 0.6) is 0 Å². The monoisotopic (exact) mass is 468 g/mol. The Bertz CT molecular complexity index is 1300. The van der Waals surface area contributed by atoms with Crippen LogP contribution in [0.3, 0.4) is 0 Å². The number of amides is 1. The van der Waals surface area contributed by atoms with E-state index in [2.05, 4.69) is 10.3 Å². The number of rotatable bonds is 5. The maximum atomic E-state index is 12.8. The third-order valence-electron chi connectivity index (χ3n) is 5.64. The molecule has 5 rings (SSSR count). The summed E-state index contributed by atoms with van der Waals surface area (Å²) >= 11 is 7.61. The number of piperazine rings is 1.